The molecule has 10 nitrogen and oxygen atoms in total. The highest BCUT2D eigenvalue weighted by atomic mass is 16.6. The van der Waals surface area contributed by atoms with Gasteiger partial charge in [-0.25, -0.2) is 4.79 Å². The minimum atomic E-state index is -0.975. The highest BCUT2D eigenvalue weighted by Crippen LogP contribution is 2.60. The number of hydrogen-bond donors (Lipinski definition) is 2. The molecule has 4 aromatic rings. The topological polar surface area (TPSA) is 137 Å². The van der Waals surface area contributed by atoms with Crippen molar-refractivity contribution < 1.29 is 28.9 Å². The molecule has 1 saturated carbocycles. The van der Waals surface area contributed by atoms with Crippen molar-refractivity contribution in [2.24, 2.45) is 11.8 Å². The second-order valence-corrected chi connectivity index (χ2v) is 13.2. The third kappa shape index (κ3) is 6.42. The van der Waals surface area contributed by atoms with Gasteiger partial charge in [-0.15, -0.1) is 0 Å². The van der Waals surface area contributed by atoms with Crippen molar-refractivity contribution in [3.8, 4) is 0 Å². The fourth-order valence-corrected chi connectivity index (χ4v) is 7.55. The summed E-state index contributed by atoms with van der Waals surface area (Å²) in [7, 11) is 0. The summed E-state index contributed by atoms with van der Waals surface area (Å²) in [5.41, 5.74) is 0.608. The molecule has 7 rings (SSSR count). The van der Waals surface area contributed by atoms with Crippen molar-refractivity contribution in [2.45, 2.75) is 82.8 Å². The maximum atomic E-state index is 12.6. The molecular formula is C37H40N2O8. The molecule has 10 heteroatoms. The van der Waals surface area contributed by atoms with E-state index in [-0.39, 0.29) is 43.8 Å². The number of aliphatic hydroxyl groups is 1. The van der Waals surface area contributed by atoms with E-state index in [1.807, 2.05) is 0 Å². The molecule has 1 aliphatic heterocycles. The third-order valence-electron chi connectivity index (χ3n) is 10.0. The summed E-state index contributed by atoms with van der Waals surface area (Å²) < 4.78 is 18.0. The van der Waals surface area contributed by atoms with Crippen LogP contribution in [0.25, 0.3) is 27.6 Å². The molecule has 6 atom stereocenters. The smallest absolute Gasteiger partial charge is 0.330 e. The zero-order valence-electron chi connectivity index (χ0n) is 26.5. The first-order valence-electron chi connectivity index (χ1n) is 16.6. The maximum absolute atomic E-state index is 12.6. The monoisotopic (exact) mass is 640 g/mol. The lowest BCUT2D eigenvalue weighted by Crippen LogP contribution is -2.34. The second kappa shape index (κ2) is 13.2. The molecule has 0 radical (unpaired) electrons. The SMILES string of the molecule is CC(=O)CCC(=O)OCC1OC(n2cc(COCCCCCC3C4C=c5ccc6cccc7ccc(c5c76)C43)c(=O)[nH]c2=O)CC1O. The number of carbonyl (C=O) groups is 2. The van der Waals surface area contributed by atoms with Crippen molar-refractivity contribution in [2.75, 3.05) is 13.2 Å². The Hall–Kier alpha value is -4.12. The fraction of sp³-hybridized carbons (Fsp3) is 0.459. The van der Waals surface area contributed by atoms with E-state index in [1.54, 1.807) is 0 Å². The number of aromatic nitrogens is 2. The van der Waals surface area contributed by atoms with Gasteiger partial charge in [-0.2, -0.15) is 0 Å². The van der Waals surface area contributed by atoms with E-state index in [0.29, 0.717) is 24.4 Å². The summed E-state index contributed by atoms with van der Waals surface area (Å²) in [6.07, 6.45) is 5.58. The molecule has 2 fully saturated rings. The Morgan fingerprint density at radius 3 is 2.64 bits per heavy atom. The Balaban J connectivity index is 0.864. The van der Waals surface area contributed by atoms with Gasteiger partial charge in [0.15, 0.2) is 0 Å². The van der Waals surface area contributed by atoms with Gasteiger partial charge in [0.25, 0.3) is 5.56 Å². The van der Waals surface area contributed by atoms with Crippen LogP contribution in [0.1, 0.15) is 75.1 Å². The number of Topliss-reactive ketones (excluding diaryl/α,β-unsaturated/α-hetero) is 1. The number of carbonyl (C=O) groups excluding carboxylic acids is 2. The third-order valence-corrected chi connectivity index (χ3v) is 10.0. The van der Waals surface area contributed by atoms with Gasteiger partial charge < -0.3 is 24.1 Å². The van der Waals surface area contributed by atoms with Crippen LogP contribution in [0.3, 0.4) is 0 Å². The molecule has 6 unspecified atom stereocenters. The van der Waals surface area contributed by atoms with Gasteiger partial charge in [0.05, 0.1) is 24.7 Å². The van der Waals surface area contributed by atoms with Crippen molar-refractivity contribution in [3.05, 3.63) is 85.8 Å². The summed E-state index contributed by atoms with van der Waals surface area (Å²) >= 11 is 0. The van der Waals surface area contributed by atoms with Crippen LogP contribution in [0, 0.1) is 11.8 Å². The normalized spacial score (nSPS) is 24.3. The minimum Gasteiger partial charge on any atom is -0.463 e. The average molecular weight is 641 g/mol. The molecule has 0 bridgehead atoms. The van der Waals surface area contributed by atoms with Crippen LogP contribution in [0.4, 0.5) is 0 Å². The number of benzene rings is 3. The van der Waals surface area contributed by atoms with E-state index in [1.165, 1.54) is 56.4 Å². The van der Waals surface area contributed by atoms with E-state index in [2.05, 4.69) is 53.5 Å². The number of aliphatic hydroxyl groups excluding tert-OH is 1. The quantitative estimate of drug-likeness (QED) is 0.156. The van der Waals surface area contributed by atoms with Crippen LogP contribution in [0.2, 0.25) is 0 Å². The highest BCUT2D eigenvalue weighted by Gasteiger charge is 2.50. The number of hydrogen-bond acceptors (Lipinski definition) is 8. The van der Waals surface area contributed by atoms with Crippen LogP contribution >= 0.6 is 0 Å². The fourth-order valence-electron chi connectivity index (χ4n) is 7.55. The Morgan fingerprint density at radius 1 is 1.02 bits per heavy atom. The zero-order chi connectivity index (χ0) is 32.7. The molecule has 2 N–H and O–H groups in total. The summed E-state index contributed by atoms with van der Waals surface area (Å²) in [5.74, 6) is 1.23. The molecule has 0 amide bonds. The predicted octanol–water partition coefficient (Wildman–Crippen LogP) is 4.02. The first-order chi connectivity index (χ1) is 22.8. The standard InChI is InChI=1S/C37H40N2O8/c1-21(40)9-14-32(42)46-20-30-29(41)17-31(47-30)39-18-25(36(43)38-37(39)44)19-45-15-4-2-3-8-26-28-16-24-11-10-22-6-5-7-23-12-13-27(35(26)28)34(24)33(22)23/h5-7,10-13,16,18,26,28-31,35,41H,2-4,8-9,14-15,17,19-20H2,1H3,(H,38,43,44). The summed E-state index contributed by atoms with van der Waals surface area (Å²) in [5, 5.41) is 17.3. The van der Waals surface area contributed by atoms with E-state index >= 15 is 0 Å². The molecule has 2 heterocycles. The number of nitrogens with zero attached hydrogens (tertiary/aromatic N) is 1. The Kier molecular flexibility index (Phi) is 8.83. The molecule has 3 aliphatic rings. The largest absolute Gasteiger partial charge is 0.463 e. The zero-order valence-corrected chi connectivity index (χ0v) is 26.5. The molecule has 1 saturated heterocycles. The summed E-state index contributed by atoms with van der Waals surface area (Å²) in [4.78, 5) is 50.2. The predicted molar refractivity (Wildman–Crippen MR) is 176 cm³/mol. The van der Waals surface area contributed by atoms with E-state index in [4.69, 9.17) is 14.2 Å². The lowest BCUT2D eigenvalue weighted by molar-refractivity contribution is -0.151. The van der Waals surface area contributed by atoms with Crippen LogP contribution < -0.4 is 16.5 Å². The van der Waals surface area contributed by atoms with E-state index in [9.17, 15) is 24.3 Å². The molecule has 246 valence electrons. The number of ketones is 1. The molecule has 1 aromatic heterocycles. The van der Waals surface area contributed by atoms with Crippen LogP contribution in [0.5, 0.6) is 0 Å². The van der Waals surface area contributed by atoms with Crippen LogP contribution in [-0.4, -0.2) is 51.8 Å². The second-order valence-electron chi connectivity index (χ2n) is 13.2. The number of nitrogens with one attached hydrogen (secondary N) is 1. The van der Waals surface area contributed by atoms with Crippen molar-refractivity contribution in [3.63, 3.8) is 0 Å². The lowest BCUT2D eigenvalue weighted by Gasteiger charge is -2.17. The van der Waals surface area contributed by atoms with Gasteiger partial charge in [-0.1, -0.05) is 61.4 Å². The Bertz CT molecular complexity index is 1980. The van der Waals surface area contributed by atoms with Gasteiger partial charge in [0, 0.05) is 25.6 Å². The number of fused-ring (bicyclic) bond motifs is 2. The van der Waals surface area contributed by atoms with Crippen molar-refractivity contribution >= 4 is 39.4 Å². The van der Waals surface area contributed by atoms with Gasteiger partial charge in [0.1, 0.15) is 24.7 Å². The van der Waals surface area contributed by atoms with Crippen molar-refractivity contribution in [1.82, 2.24) is 9.55 Å². The molecule has 2 aliphatic carbocycles. The van der Waals surface area contributed by atoms with Crippen molar-refractivity contribution in [1.29, 1.82) is 0 Å². The first-order valence-corrected chi connectivity index (χ1v) is 16.6. The maximum Gasteiger partial charge on any atom is 0.330 e. The molecular weight excluding hydrogens is 600 g/mol. The summed E-state index contributed by atoms with van der Waals surface area (Å²) in [6, 6.07) is 15.7. The minimum absolute atomic E-state index is 0.0443. The number of unbranched alkanes of at least 4 members (excludes halogenated alkanes) is 2. The van der Waals surface area contributed by atoms with E-state index in [0.717, 1.165) is 19.3 Å². The molecule has 0 spiro atoms. The lowest BCUT2D eigenvalue weighted by atomic mass is 9.90. The van der Waals surface area contributed by atoms with Gasteiger partial charge in [-0.3, -0.25) is 19.1 Å². The van der Waals surface area contributed by atoms with Gasteiger partial charge >= 0.3 is 11.7 Å². The summed E-state index contributed by atoms with van der Waals surface area (Å²) in [6.45, 7) is 1.73. The van der Waals surface area contributed by atoms with Gasteiger partial charge in [-0.05, 0) is 69.8 Å². The molecule has 47 heavy (non-hydrogen) atoms. The van der Waals surface area contributed by atoms with Crippen LogP contribution in [0.15, 0.2) is 58.3 Å². The number of rotatable bonds is 14. The Morgan fingerprint density at radius 2 is 1.83 bits per heavy atom. The average Bonchev–Trinajstić information content (AvgIpc) is 3.63. The number of aromatic amines is 1. The molecule has 3 aromatic carbocycles. The van der Waals surface area contributed by atoms with E-state index < -0.39 is 35.7 Å². The first kappa shape index (κ1) is 31.5. The number of ether oxygens (including phenoxy) is 3. The Labute approximate surface area is 271 Å². The van der Waals surface area contributed by atoms with Gasteiger partial charge in [0.2, 0.25) is 0 Å². The highest BCUT2D eigenvalue weighted by molar-refractivity contribution is 6.12. The van der Waals surface area contributed by atoms with Crippen LogP contribution in [-0.2, 0) is 30.4 Å². The number of H-pyrrole nitrogens is 1. The number of esters is 1.